The monoisotopic (exact) mass is 194 g/mol. The van der Waals surface area contributed by atoms with E-state index in [1.165, 1.54) is 25.7 Å². The van der Waals surface area contributed by atoms with Crippen LogP contribution < -0.4 is 5.32 Å². The number of piperidine rings is 4. The van der Waals surface area contributed by atoms with Gasteiger partial charge in [-0.1, -0.05) is 0 Å². The van der Waals surface area contributed by atoms with Gasteiger partial charge in [-0.2, -0.15) is 0 Å². The molecule has 0 aromatic heterocycles. The van der Waals surface area contributed by atoms with Gasteiger partial charge in [0.05, 0.1) is 0 Å². The Morgan fingerprint density at radius 1 is 0.929 bits per heavy atom. The van der Waals surface area contributed by atoms with Crippen LogP contribution in [-0.4, -0.2) is 34.6 Å². The molecule has 2 heteroatoms. The van der Waals surface area contributed by atoms with E-state index in [-0.39, 0.29) is 0 Å². The first-order chi connectivity index (χ1) is 6.54. The van der Waals surface area contributed by atoms with E-state index in [4.69, 9.17) is 0 Å². The average Bonchev–Trinajstić information content (AvgIpc) is 1.97. The summed E-state index contributed by atoms with van der Waals surface area (Å²) in [4.78, 5) is 2.81. The third kappa shape index (κ3) is 1.24. The van der Waals surface area contributed by atoms with Crippen molar-refractivity contribution >= 4 is 0 Å². The van der Waals surface area contributed by atoms with Gasteiger partial charge in [0.2, 0.25) is 0 Å². The largest absolute Gasteiger partial charge is 0.311 e. The summed E-state index contributed by atoms with van der Waals surface area (Å²) in [6.45, 7) is 7.13. The molecule has 1 N–H and O–H groups in total. The molecule has 0 aromatic rings. The smallest absolute Gasteiger partial charge is 0.0133 e. The first kappa shape index (κ1) is 9.17. The molecule has 0 amide bonds. The quantitative estimate of drug-likeness (QED) is 0.632. The second-order valence-electron chi connectivity index (χ2n) is 6.39. The van der Waals surface area contributed by atoms with E-state index in [0.717, 1.165) is 24.2 Å². The lowest BCUT2D eigenvalue weighted by Crippen LogP contribution is -2.70. The Kier molecular flexibility index (Phi) is 1.79. The molecular formula is C12H22N2. The molecule has 14 heavy (non-hydrogen) atoms. The van der Waals surface area contributed by atoms with E-state index in [1.54, 1.807) is 0 Å². The number of nitrogens with zero attached hydrogens (tertiary/aromatic N) is 1. The number of hydrogen-bond acceptors (Lipinski definition) is 2. The van der Waals surface area contributed by atoms with Gasteiger partial charge in [-0.3, -0.25) is 4.90 Å². The predicted molar refractivity (Wildman–Crippen MR) is 58.3 cm³/mol. The fourth-order valence-electron chi connectivity index (χ4n) is 4.15. The van der Waals surface area contributed by atoms with E-state index < -0.39 is 0 Å². The van der Waals surface area contributed by atoms with Crippen molar-refractivity contribution in [3.8, 4) is 0 Å². The summed E-state index contributed by atoms with van der Waals surface area (Å²) in [5.41, 5.74) is 0.378. The maximum Gasteiger partial charge on any atom is 0.0133 e. The van der Waals surface area contributed by atoms with Gasteiger partial charge >= 0.3 is 0 Å². The summed E-state index contributed by atoms with van der Waals surface area (Å²) in [5, 5.41) is 3.76. The molecule has 4 aliphatic heterocycles. The molecule has 0 unspecified atom stereocenters. The Bertz CT molecular complexity index is 213. The van der Waals surface area contributed by atoms with E-state index >= 15 is 0 Å². The summed E-state index contributed by atoms with van der Waals surface area (Å²) in [6, 6.07) is 3.43. The zero-order valence-electron chi connectivity index (χ0n) is 9.59. The number of hydrogen-bond donors (Lipinski definition) is 1. The van der Waals surface area contributed by atoms with Gasteiger partial charge in [0.25, 0.3) is 0 Å². The maximum atomic E-state index is 3.76. The second-order valence-corrected chi connectivity index (χ2v) is 6.39. The van der Waals surface area contributed by atoms with Crippen LogP contribution in [0.1, 0.15) is 46.5 Å². The minimum Gasteiger partial charge on any atom is -0.311 e. The highest BCUT2D eigenvalue weighted by molar-refractivity contribution is 5.07. The number of nitrogens with one attached hydrogen (secondary N) is 1. The van der Waals surface area contributed by atoms with E-state index in [9.17, 15) is 0 Å². The normalized spacial score (nSPS) is 47.4. The summed E-state index contributed by atoms with van der Waals surface area (Å²) >= 11 is 0. The Balaban J connectivity index is 1.88. The number of rotatable bonds is 0. The zero-order valence-corrected chi connectivity index (χ0v) is 9.59. The highest BCUT2D eigenvalue weighted by Crippen LogP contribution is 2.42. The van der Waals surface area contributed by atoms with Crippen molar-refractivity contribution in [2.24, 2.45) is 0 Å². The maximum absolute atomic E-state index is 3.76. The van der Waals surface area contributed by atoms with Gasteiger partial charge in [-0.25, -0.2) is 0 Å². The first-order valence-corrected chi connectivity index (χ1v) is 6.08. The molecule has 80 valence electrons. The Hall–Kier alpha value is -0.0800. The van der Waals surface area contributed by atoms with Crippen LogP contribution in [0.5, 0.6) is 0 Å². The molecule has 4 saturated heterocycles. The van der Waals surface area contributed by atoms with E-state index in [2.05, 4.69) is 31.0 Å². The molecule has 4 heterocycles. The molecular weight excluding hydrogens is 172 g/mol. The molecule has 4 rings (SSSR count). The van der Waals surface area contributed by atoms with Crippen LogP contribution in [0.15, 0.2) is 0 Å². The van der Waals surface area contributed by atoms with Gasteiger partial charge in [-0.05, 0) is 46.5 Å². The van der Waals surface area contributed by atoms with Crippen molar-refractivity contribution in [1.29, 1.82) is 0 Å². The lowest BCUT2D eigenvalue weighted by molar-refractivity contribution is -0.0803. The molecule has 0 aliphatic carbocycles. The van der Waals surface area contributed by atoms with Gasteiger partial charge in [-0.15, -0.1) is 0 Å². The van der Waals surface area contributed by atoms with Crippen molar-refractivity contribution in [1.82, 2.24) is 10.2 Å². The SMILES string of the molecule is CC(C)(C)N1C2CC3CC1CC(C2)N3. The molecule has 4 fully saturated rings. The van der Waals surface area contributed by atoms with Crippen molar-refractivity contribution in [2.75, 3.05) is 0 Å². The van der Waals surface area contributed by atoms with Gasteiger partial charge in [0, 0.05) is 29.7 Å². The first-order valence-electron chi connectivity index (χ1n) is 6.08. The molecule has 0 saturated carbocycles. The van der Waals surface area contributed by atoms with Crippen LogP contribution in [0, 0.1) is 0 Å². The van der Waals surface area contributed by atoms with Crippen LogP contribution in [-0.2, 0) is 0 Å². The molecule has 0 atom stereocenters. The Morgan fingerprint density at radius 3 is 1.71 bits per heavy atom. The van der Waals surface area contributed by atoms with Gasteiger partial charge in [0.15, 0.2) is 0 Å². The summed E-state index contributed by atoms with van der Waals surface area (Å²) in [6.07, 6.45) is 5.57. The van der Waals surface area contributed by atoms with Gasteiger partial charge in [0.1, 0.15) is 0 Å². The standard InChI is InChI=1S/C12H22N2/c1-12(2,3)14-10-4-8-5-11(14)7-9(6-10)13-8/h8-11,13H,4-7H2,1-3H3. The zero-order chi connectivity index (χ0) is 9.92. The lowest BCUT2D eigenvalue weighted by atomic mass is 9.72. The van der Waals surface area contributed by atoms with Gasteiger partial charge < -0.3 is 5.32 Å². The van der Waals surface area contributed by atoms with Crippen molar-refractivity contribution in [3.63, 3.8) is 0 Å². The van der Waals surface area contributed by atoms with Crippen LogP contribution >= 0.6 is 0 Å². The highest BCUT2D eigenvalue weighted by Gasteiger charge is 2.49. The molecule has 0 aromatic carbocycles. The van der Waals surface area contributed by atoms with Crippen molar-refractivity contribution in [3.05, 3.63) is 0 Å². The summed E-state index contributed by atoms with van der Waals surface area (Å²) in [5.74, 6) is 0. The molecule has 4 aliphatic rings. The fourth-order valence-corrected chi connectivity index (χ4v) is 4.15. The van der Waals surface area contributed by atoms with E-state index in [0.29, 0.717) is 5.54 Å². The van der Waals surface area contributed by atoms with Crippen LogP contribution in [0.25, 0.3) is 0 Å². The molecule has 4 bridgehead atoms. The molecule has 0 radical (unpaired) electrons. The Morgan fingerprint density at radius 2 is 1.36 bits per heavy atom. The summed E-state index contributed by atoms with van der Waals surface area (Å²) < 4.78 is 0. The highest BCUT2D eigenvalue weighted by atomic mass is 15.3. The Labute approximate surface area is 87.0 Å². The van der Waals surface area contributed by atoms with Crippen LogP contribution in [0.4, 0.5) is 0 Å². The van der Waals surface area contributed by atoms with Crippen molar-refractivity contribution in [2.45, 2.75) is 76.2 Å². The minimum atomic E-state index is 0.378. The fraction of sp³-hybridized carbons (Fsp3) is 1.00. The minimum absolute atomic E-state index is 0.378. The third-order valence-corrected chi connectivity index (χ3v) is 4.26. The molecule has 0 spiro atoms. The third-order valence-electron chi connectivity index (χ3n) is 4.26. The molecule has 2 nitrogen and oxygen atoms in total. The van der Waals surface area contributed by atoms with Crippen LogP contribution in [0.2, 0.25) is 0 Å². The summed E-state index contributed by atoms with van der Waals surface area (Å²) in [7, 11) is 0. The van der Waals surface area contributed by atoms with Crippen LogP contribution in [0.3, 0.4) is 0 Å². The average molecular weight is 194 g/mol. The lowest BCUT2D eigenvalue weighted by Gasteiger charge is -2.61. The van der Waals surface area contributed by atoms with Crippen molar-refractivity contribution < 1.29 is 0 Å². The predicted octanol–water partition coefficient (Wildman–Crippen LogP) is 1.75. The topological polar surface area (TPSA) is 15.3 Å². The van der Waals surface area contributed by atoms with E-state index in [1.807, 2.05) is 0 Å². The second kappa shape index (κ2) is 2.73.